The molecule has 0 radical (unpaired) electrons. The molecular weight excluding hydrogens is 307 g/mol. The summed E-state index contributed by atoms with van der Waals surface area (Å²) in [6.07, 6.45) is 1.46. The zero-order chi connectivity index (χ0) is 16.5. The van der Waals surface area contributed by atoms with Gasteiger partial charge >= 0.3 is 0 Å². The van der Waals surface area contributed by atoms with Crippen LogP contribution < -0.4 is 4.74 Å². The van der Waals surface area contributed by atoms with Gasteiger partial charge in [-0.2, -0.15) is 4.39 Å². The van der Waals surface area contributed by atoms with Gasteiger partial charge in [0.05, 0.1) is 18.2 Å². The van der Waals surface area contributed by atoms with Crippen LogP contribution in [0.4, 0.5) is 4.39 Å². The second-order valence-corrected chi connectivity index (χ2v) is 5.20. The molecule has 0 N–H and O–H groups in total. The Bertz CT molecular complexity index is 1010. The van der Waals surface area contributed by atoms with E-state index in [0.717, 1.165) is 11.3 Å². The lowest BCUT2D eigenvalue weighted by molar-refractivity contribution is 0.415. The van der Waals surface area contributed by atoms with Crippen molar-refractivity contribution in [3.8, 4) is 22.8 Å². The van der Waals surface area contributed by atoms with Crippen LogP contribution in [0, 0.1) is 5.95 Å². The van der Waals surface area contributed by atoms with E-state index in [1.54, 1.807) is 7.11 Å². The number of para-hydroxylation sites is 1. The second-order valence-electron chi connectivity index (χ2n) is 5.20. The molecule has 0 aliphatic heterocycles. The maximum atomic E-state index is 14.1. The molecule has 0 saturated heterocycles. The van der Waals surface area contributed by atoms with Crippen molar-refractivity contribution in [3.63, 3.8) is 0 Å². The van der Waals surface area contributed by atoms with Crippen molar-refractivity contribution in [1.82, 2.24) is 19.7 Å². The Labute approximate surface area is 137 Å². The Kier molecular flexibility index (Phi) is 3.42. The normalized spacial score (nSPS) is 10.9. The molecule has 0 saturated carbocycles. The predicted octanol–water partition coefficient (Wildman–Crippen LogP) is 3.63. The van der Waals surface area contributed by atoms with Crippen LogP contribution in [0.15, 0.2) is 60.8 Å². The maximum absolute atomic E-state index is 14.1. The van der Waals surface area contributed by atoms with E-state index in [1.165, 1.54) is 10.9 Å². The van der Waals surface area contributed by atoms with Crippen LogP contribution in [0.1, 0.15) is 0 Å². The highest BCUT2D eigenvalue weighted by atomic mass is 19.1. The van der Waals surface area contributed by atoms with Crippen LogP contribution >= 0.6 is 0 Å². The third-order valence-corrected chi connectivity index (χ3v) is 3.71. The van der Waals surface area contributed by atoms with Crippen LogP contribution in [0.2, 0.25) is 0 Å². The summed E-state index contributed by atoms with van der Waals surface area (Å²) in [5.74, 6) is 0.600. The van der Waals surface area contributed by atoms with Crippen molar-refractivity contribution in [3.05, 3.63) is 66.7 Å². The van der Waals surface area contributed by atoms with Gasteiger partial charge < -0.3 is 4.74 Å². The van der Waals surface area contributed by atoms with Crippen LogP contribution in [-0.2, 0) is 0 Å². The first-order chi connectivity index (χ1) is 11.8. The molecule has 2 aromatic heterocycles. The van der Waals surface area contributed by atoms with Crippen LogP contribution in [0.25, 0.3) is 28.1 Å². The standard InChI is InChI=1S/C18H13FN4O/c1-24-14-9-5-6-12(10-14)17-20-11-15-16(19)22-23(18(15)21-17)13-7-3-2-4-8-13/h2-11H,1H3. The Morgan fingerprint density at radius 2 is 1.88 bits per heavy atom. The maximum Gasteiger partial charge on any atom is 0.244 e. The number of hydrogen-bond donors (Lipinski definition) is 0. The fourth-order valence-electron chi connectivity index (χ4n) is 2.52. The molecule has 0 bridgehead atoms. The van der Waals surface area contributed by atoms with E-state index in [2.05, 4.69) is 15.1 Å². The molecule has 0 amide bonds. The largest absolute Gasteiger partial charge is 0.497 e. The molecule has 5 nitrogen and oxygen atoms in total. The SMILES string of the molecule is COc1cccc(-c2ncc3c(F)nn(-c4ccccc4)c3n2)c1. The van der Waals surface area contributed by atoms with Crippen LogP contribution in [0.3, 0.4) is 0 Å². The van der Waals surface area contributed by atoms with Gasteiger partial charge in [0.2, 0.25) is 5.95 Å². The van der Waals surface area contributed by atoms with E-state index >= 15 is 0 Å². The third-order valence-electron chi connectivity index (χ3n) is 3.71. The number of ether oxygens (including phenoxy) is 1. The summed E-state index contributed by atoms with van der Waals surface area (Å²) in [5.41, 5.74) is 1.95. The number of fused-ring (bicyclic) bond motifs is 1. The van der Waals surface area contributed by atoms with Crippen molar-refractivity contribution < 1.29 is 9.13 Å². The van der Waals surface area contributed by atoms with Crippen LogP contribution in [-0.4, -0.2) is 26.9 Å². The van der Waals surface area contributed by atoms with Gasteiger partial charge in [-0.1, -0.05) is 30.3 Å². The molecule has 118 valence electrons. The number of benzene rings is 2. The highest BCUT2D eigenvalue weighted by molar-refractivity contribution is 5.78. The first-order valence-corrected chi connectivity index (χ1v) is 7.37. The van der Waals surface area contributed by atoms with Gasteiger partial charge in [-0.15, -0.1) is 5.10 Å². The first kappa shape index (κ1) is 14.3. The minimum Gasteiger partial charge on any atom is -0.497 e. The molecule has 0 aliphatic carbocycles. The van der Waals surface area contributed by atoms with E-state index in [-0.39, 0.29) is 5.39 Å². The van der Waals surface area contributed by atoms with Crippen LogP contribution in [0.5, 0.6) is 5.75 Å². The van der Waals surface area contributed by atoms with Crippen molar-refractivity contribution in [1.29, 1.82) is 0 Å². The molecule has 0 atom stereocenters. The van der Waals surface area contributed by atoms with Crippen molar-refractivity contribution in [2.45, 2.75) is 0 Å². The topological polar surface area (TPSA) is 52.8 Å². The van der Waals surface area contributed by atoms with Gasteiger partial charge in [0.25, 0.3) is 0 Å². The number of aromatic nitrogens is 4. The molecule has 0 spiro atoms. The Hall–Kier alpha value is -3.28. The highest BCUT2D eigenvalue weighted by Crippen LogP contribution is 2.24. The summed E-state index contributed by atoms with van der Waals surface area (Å²) in [7, 11) is 1.60. The molecule has 0 unspecified atom stereocenters. The second kappa shape index (κ2) is 5.73. The predicted molar refractivity (Wildman–Crippen MR) is 88.6 cm³/mol. The number of methoxy groups -OCH3 is 1. The molecule has 4 aromatic rings. The average Bonchev–Trinajstić information content (AvgIpc) is 2.99. The van der Waals surface area contributed by atoms with Gasteiger partial charge in [-0.25, -0.2) is 14.6 Å². The lowest BCUT2D eigenvalue weighted by Gasteiger charge is -2.05. The fourth-order valence-corrected chi connectivity index (χ4v) is 2.52. The quantitative estimate of drug-likeness (QED) is 0.578. The van der Waals surface area contributed by atoms with E-state index in [4.69, 9.17) is 4.74 Å². The minimum atomic E-state index is -0.592. The van der Waals surface area contributed by atoms with Crippen molar-refractivity contribution in [2.24, 2.45) is 0 Å². The molecule has 4 rings (SSSR count). The Morgan fingerprint density at radius 3 is 2.67 bits per heavy atom. The van der Waals surface area contributed by atoms with Gasteiger partial charge in [-0.3, -0.25) is 0 Å². The molecule has 6 heteroatoms. The van der Waals surface area contributed by atoms with Gasteiger partial charge in [0.1, 0.15) is 5.75 Å². The Balaban J connectivity index is 1.91. The van der Waals surface area contributed by atoms with Crippen molar-refractivity contribution >= 4 is 11.0 Å². The summed E-state index contributed by atoms with van der Waals surface area (Å²) in [5, 5.41) is 4.23. The molecular formula is C18H13FN4O. The van der Waals surface area contributed by atoms with Crippen molar-refractivity contribution in [2.75, 3.05) is 7.11 Å². The van der Waals surface area contributed by atoms with Gasteiger partial charge in [0.15, 0.2) is 11.5 Å². The monoisotopic (exact) mass is 320 g/mol. The molecule has 0 fully saturated rings. The van der Waals surface area contributed by atoms with Gasteiger partial charge in [0, 0.05) is 11.8 Å². The highest BCUT2D eigenvalue weighted by Gasteiger charge is 2.15. The summed E-state index contributed by atoms with van der Waals surface area (Å²) in [4.78, 5) is 8.77. The zero-order valence-electron chi connectivity index (χ0n) is 12.8. The smallest absolute Gasteiger partial charge is 0.244 e. The molecule has 2 aromatic carbocycles. The minimum absolute atomic E-state index is 0.283. The van der Waals surface area contributed by atoms with E-state index in [1.807, 2.05) is 54.6 Å². The summed E-state index contributed by atoms with van der Waals surface area (Å²) < 4.78 is 20.8. The van der Waals surface area contributed by atoms with E-state index in [9.17, 15) is 4.39 Å². The summed E-state index contributed by atoms with van der Waals surface area (Å²) in [6, 6.07) is 16.7. The summed E-state index contributed by atoms with van der Waals surface area (Å²) >= 11 is 0. The first-order valence-electron chi connectivity index (χ1n) is 7.37. The van der Waals surface area contributed by atoms with E-state index in [0.29, 0.717) is 17.2 Å². The molecule has 0 aliphatic rings. The summed E-state index contributed by atoms with van der Waals surface area (Å²) in [6.45, 7) is 0. The number of halogens is 1. The van der Waals surface area contributed by atoms with Gasteiger partial charge in [-0.05, 0) is 24.3 Å². The van der Waals surface area contributed by atoms with E-state index < -0.39 is 5.95 Å². The fraction of sp³-hybridized carbons (Fsp3) is 0.0556. The molecule has 24 heavy (non-hydrogen) atoms. The zero-order valence-corrected chi connectivity index (χ0v) is 12.8. The number of nitrogens with zero attached hydrogens (tertiary/aromatic N) is 4. The Morgan fingerprint density at radius 1 is 1.04 bits per heavy atom. The average molecular weight is 320 g/mol. The lowest BCUT2D eigenvalue weighted by atomic mass is 10.2. The third kappa shape index (κ3) is 2.38. The number of rotatable bonds is 3. The lowest BCUT2D eigenvalue weighted by Crippen LogP contribution is -1.99. The molecule has 2 heterocycles. The number of hydrogen-bond acceptors (Lipinski definition) is 4.